The molecule has 1 amide bonds. The van der Waals surface area contributed by atoms with E-state index < -0.39 is 11.6 Å². The first-order valence-corrected chi connectivity index (χ1v) is 16.6. The summed E-state index contributed by atoms with van der Waals surface area (Å²) in [5, 5.41) is 7.74. The van der Waals surface area contributed by atoms with Gasteiger partial charge in [-0.3, -0.25) is 9.78 Å². The highest BCUT2D eigenvalue weighted by Crippen LogP contribution is 2.62. The predicted molar refractivity (Wildman–Crippen MR) is 160 cm³/mol. The number of rotatable bonds is 8. The molecular formula is C32H42BrN3O6. The van der Waals surface area contributed by atoms with Crippen LogP contribution in [-0.2, 0) is 24.3 Å². The summed E-state index contributed by atoms with van der Waals surface area (Å²) >= 11 is 3.62. The Morgan fingerprint density at radius 1 is 1.07 bits per heavy atom. The number of benzene rings is 1. The van der Waals surface area contributed by atoms with Crippen molar-refractivity contribution in [3.05, 3.63) is 28.9 Å². The number of nitrogens with one attached hydrogen (secondary N) is 2. The maximum Gasteiger partial charge on any atom is 0.239 e. The summed E-state index contributed by atoms with van der Waals surface area (Å²) < 4.78 is 6.48. The van der Waals surface area contributed by atoms with Crippen LogP contribution in [0.25, 0.3) is 10.9 Å². The van der Waals surface area contributed by atoms with Crippen LogP contribution in [-0.4, -0.2) is 42.2 Å². The molecule has 8 rings (SSSR count). The number of halogens is 1. The summed E-state index contributed by atoms with van der Waals surface area (Å²) in [6.07, 6.45) is 12.1. The van der Waals surface area contributed by atoms with Crippen molar-refractivity contribution in [3.63, 3.8) is 0 Å². The molecule has 0 radical (unpaired) electrons. The zero-order valence-electron chi connectivity index (χ0n) is 24.5. The second kappa shape index (κ2) is 11.5. The highest BCUT2D eigenvalue weighted by Gasteiger charge is 2.64. The van der Waals surface area contributed by atoms with Gasteiger partial charge in [0.2, 0.25) is 17.5 Å². The van der Waals surface area contributed by atoms with Crippen molar-refractivity contribution in [1.82, 2.24) is 10.3 Å². The second-order valence-electron chi connectivity index (χ2n) is 13.4. The summed E-state index contributed by atoms with van der Waals surface area (Å²) in [6, 6.07) is 6.09. The number of fused-ring (bicyclic) bond motifs is 1. The minimum atomic E-state index is -0.896. The van der Waals surface area contributed by atoms with E-state index in [1.165, 1.54) is 6.42 Å². The minimum absolute atomic E-state index is 0.0527. The van der Waals surface area contributed by atoms with E-state index in [1.807, 2.05) is 18.2 Å². The average molecular weight is 645 g/mol. The van der Waals surface area contributed by atoms with Crippen LogP contribution >= 0.6 is 15.9 Å². The van der Waals surface area contributed by atoms with Crippen LogP contribution < -0.4 is 15.4 Å². The van der Waals surface area contributed by atoms with Gasteiger partial charge in [-0.2, -0.15) is 19.6 Å². The standard InChI is InChI=1S/C32H42BrN3O6/c1-19(36-28-18-25(38-2)17-26-27(33)7-11-34-29(26)28)4-3-10-35-30(37)22-5-8-31(9-6-22)39-41-32(42-40-31)23-13-20-12-21(15-23)16-24(32)14-20/h7,11,17-24,36H,3-6,8-10,12-16H2,1-2H3,(H,35,37). The fourth-order valence-corrected chi connectivity index (χ4v) is 8.86. The topological polar surface area (TPSA) is 100 Å². The van der Waals surface area contributed by atoms with E-state index >= 15 is 0 Å². The van der Waals surface area contributed by atoms with Crippen LogP contribution in [0, 0.1) is 29.6 Å². The van der Waals surface area contributed by atoms with Crippen LogP contribution in [0.3, 0.4) is 0 Å². The first-order chi connectivity index (χ1) is 20.4. The Kier molecular flexibility index (Phi) is 7.88. The van der Waals surface area contributed by atoms with Crippen molar-refractivity contribution in [2.24, 2.45) is 29.6 Å². The molecule has 1 aliphatic heterocycles. The lowest BCUT2D eigenvalue weighted by Crippen LogP contribution is -2.64. The summed E-state index contributed by atoms with van der Waals surface area (Å²) in [6.45, 7) is 2.79. The molecule has 6 aliphatic rings. The van der Waals surface area contributed by atoms with E-state index in [4.69, 9.17) is 24.3 Å². The molecular weight excluding hydrogens is 602 g/mol. The Bertz CT molecular complexity index is 1270. The van der Waals surface area contributed by atoms with Crippen molar-refractivity contribution >= 4 is 38.4 Å². The largest absolute Gasteiger partial charge is 0.497 e. The number of aromatic nitrogens is 1. The molecule has 2 aromatic rings. The maximum absolute atomic E-state index is 13.0. The molecule has 42 heavy (non-hydrogen) atoms. The third-order valence-electron chi connectivity index (χ3n) is 10.6. The highest BCUT2D eigenvalue weighted by molar-refractivity contribution is 9.10. The molecule has 6 fully saturated rings. The monoisotopic (exact) mass is 643 g/mol. The molecule has 1 aromatic carbocycles. The van der Waals surface area contributed by atoms with Crippen LogP contribution in [0.5, 0.6) is 5.75 Å². The van der Waals surface area contributed by atoms with Gasteiger partial charge in [-0.1, -0.05) is 15.9 Å². The zero-order chi connectivity index (χ0) is 28.9. The summed E-state index contributed by atoms with van der Waals surface area (Å²) in [5.41, 5.74) is 1.84. The number of amides is 1. The molecule has 1 atom stereocenters. The van der Waals surface area contributed by atoms with Crippen LogP contribution in [0.4, 0.5) is 5.69 Å². The number of carbonyl (C=O) groups is 1. The molecule has 228 valence electrons. The van der Waals surface area contributed by atoms with E-state index in [0.717, 1.165) is 77.2 Å². The lowest BCUT2D eigenvalue weighted by Gasteiger charge is -2.60. The van der Waals surface area contributed by atoms with Crippen molar-refractivity contribution in [3.8, 4) is 5.75 Å². The number of nitrogens with zero attached hydrogens (tertiary/aromatic N) is 1. The molecule has 10 heteroatoms. The first-order valence-electron chi connectivity index (χ1n) is 15.8. The van der Waals surface area contributed by atoms with Crippen molar-refractivity contribution < 1.29 is 29.1 Å². The predicted octanol–water partition coefficient (Wildman–Crippen LogP) is 6.65. The number of ether oxygens (including phenoxy) is 1. The zero-order valence-corrected chi connectivity index (χ0v) is 26.1. The molecule has 5 saturated carbocycles. The number of hydrogen-bond acceptors (Lipinski definition) is 8. The van der Waals surface area contributed by atoms with E-state index in [2.05, 4.69) is 38.5 Å². The van der Waals surface area contributed by atoms with E-state index in [-0.39, 0.29) is 17.9 Å². The molecule has 4 bridgehead atoms. The van der Waals surface area contributed by atoms with Gasteiger partial charge in [0.1, 0.15) is 5.75 Å². The molecule has 9 nitrogen and oxygen atoms in total. The molecule has 1 aromatic heterocycles. The maximum atomic E-state index is 13.0. The van der Waals surface area contributed by atoms with Gasteiger partial charge in [0.15, 0.2) is 0 Å². The van der Waals surface area contributed by atoms with Gasteiger partial charge >= 0.3 is 0 Å². The lowest BCUT2D eigenvalue weighted by molar-refractivity contribution is -0.680. The first kappa shape index (κ1) is 28.8. The quantitative estimate of drug-likeness (QED) is 0.244. The number of pyridine rings is 1. The minimum Gasteiger partial charge on any atom is -0.497 e. The number of methoxy groups -OCH3 is 1. The Morgan fingerprint density at radius 3 is 2.43 bits per heavy atom. The number of anilines is 1. The lowest BCUT2D eigenvalue weighted by atomic mass is 9.53. The van der Waals surface area contributed by atoms with E-state index in [0.29, 0.717) is 44.1 Å². The number of carbonyl (C=O) groups excluding carboxylic acids is 1. The Balaban J connectivity index is 0.850. The molecule has 1 unspecified atom stereocenters. The van der Waals surface area contributed by atoms with Crippen LogP contribution in [0.2, 0.25) is 0 Å². The fourth-order valence-electron chi connectivity index (χ4n) is 8.44. The van der Waals surface area contributed by atoms with Crippen LogP contribution in [0.1, 0.15) is 77.6 Å². The third kappa shape index (κ3) is 5.31. The SMILES string of the molecule is COc1cc(NC(C)CCCNC(=O)C2CCC3(CC2)OOC2(OO3)C3CC4CC(C3)CC2C4)c2nccc(Br)c2c1. The molecule has 5 aliphatic carbocycles. The summed E-state index contributed by atoms with van der Waals surface area (Å²) in [5.74, 6) is 1.54. The highest BCUT2D eigenvalue weighted by atomic mass is 79.9. The molecule has 2 spiro atoms. The normalized spacial score (nSPS) is 35.9. The number of hydrogen-bond donors (Lipinski definition) is 2. The van der Waals surface area contributed by atoms with Crippen molar-refractivity contribution in [2.75, 3.05) is 19.0 Å². The van der Waals surface area contributed by atoms with Gasteiger partial charge in [0.25, 0.3) is 0 Å². The van der Waals surface area contributed by atoms with Crippen LogP contribution in [0.15, 0.2) is 28.9 Å². The molecule has 2 heterocycles. The second-order valence-corrected chi connectivity index (χ2v) is 14.2. The van der Waals surface area contributed by atoms with Gasteiger partial charge in [-0.05, 0) is 88.7 Å². The Labute approximate surface area is 255 Å². The molecule has 2 N–H and O–H groups in total. The fraction of sp³-hybridized carbons (Fsp3) is 0.688. The van der Waals surface area contributed by atoms with Crippen molar-refractivity contribution in [2.45, 2.75) is 95.2 Å². The van der Waals surface area contributed by atoms with Gasteiger partial charge < -0.3 is 15.4 Å². The van der Waals surface area contributed by atoms with Gasteiger partial charge in [-0.15, -0.1) is 0 Å². The smallest absolute Gasteiger partial charge is 0.239 e. The third-order valence-corrected chi connectivity index (χ3v) is 11.2. The Hall–Kier alpha value is -1.98. The van der Waals surface area contributed by atoms with Crippen molar-refractivity contribution in [1.29, 1.82) is 0 Å². The summed E-state index contributed by atoms with van der Waals surface area (Å²) in [4.78, 5) is 41.9. The van der Waals surface area contributed by atoms with Gasteiger partial charge in [-0.25, -0.2) is 0 Å². The van der Waals surface area contributed by atoms with Gasteiger partial charge in [0, 0.05) is 65.3 Å². The summed E-state index contributed by atoms with van der Waals surface area (Å²) in [7, 11) is 1.67. The van der Waals surface area contributed by atoms with Gasteiger partial charge in [0.05, 0.1) is 18.3 Å². The van der Waals surface area contributed by atoms with E-state index in [9.17, 15) is 4.79 Å². The molecule has 1 saturated heterocycles. The average Bonchev–Trinajstić information content (AvgIpc) is 2.99. The Morgan fingerprint density at radius 2 is 1.76 bits per heavy atom. The van der Waals surface area contributed by atoms with E-state index in [1.54, 1.807) is 13.3 Å².